The Morgan fingerprint density at radius 1 is 0.882 bits per heavy atom. The number of carbonyl (C=O) groups excluding carboxylic acids is 1. The van der Waals surface area contributed by atoms with Crippen LogP contribution in [0.2, 0.25) is 0 Å². The molecule has 0 aliphatic carbocycles. The molecule has 2 aromatic carbocycles. The van der Waals surface area contributed by atoms with Crippen LogP contribution in [-0.4, -0.2) is 53.7 Å². The van der Waals surface area contributed by atoms with E-state index < -0.39 is 21.6 Å². The highest BCUT2D eigenvalue weighted by molar-refractivity contribution is 7.93. The second kappa shape index (κ2) is 11.9. The number of allylic oxidation sites excluding steroid dienone is 1. The quantitative estimate of drug-likeness (QED) is 0.447. The van der Waals surface area contributed by atoms with Crippen LogP contribution in [0.25, 0.3) is 6.08 Å². The Bertz CT molecular complexity index is 1190. The fourth-order valence-corrected chi connectivity index (χ4v) is 4.20. The average Bonchev–Trinajstić information content (AvgIpc) is 2.80. The summed E-state index contributed by atoms with van der Waals surface area (Å²) in [6.07, 6.45) is 2.94. The summed E-state index contributed by atoms with van der Waals surface area (Å²) in [5.74, 6) is -0.393. The van der Waals surface area contributed by atoms with Gasteiger partial charge in [0.1, 0.15) is 23.0 Å². The molecule has 0 aliphatic heterocycles. The maximum atomic E-state index is 12.8. The van der Waals surface area contributed by atoms with E-state index in [0.29, 0.717) is 39.7 Å². The van der Waals surface area contributed by atoms with Gasteiger partial charge in [-0.05, 0) is 23.8 Å². The maximum Gasteiger partial charge on any atom is 0.328 e. The molecule has 0 heterocycles. The Morgan fingerprint density at radius 2 is 1.50 bits per heavy atom. The van der Waals surface area contributed by atoms with Crippen molar-refractivity contribution in [3.63, 3.8) is 0 Å². The van der Waals surface area contributed by atoms with Crippen LogP contribution in [0.4, 0.5) is 0 Å². The second-order valence-corrected chi connectivity index (χ2v) is 8.90. The van der Waals surface area contributed by atoms with E-state index in [-0.39, 0.29) is 12.2 Å². The van der Waals surface area contributed by atoms with Crippen molar-refractivity contribution >= 4 is 27.7 Å². The molecule has 10 heteroatoms. The standard InChI is InChI=1S/C24H26O9S/c1-30-19-13-22(32-3)20(23(14-19)33-4)9-10-34(28,29)15-16-5-7-21(31-2)17(11-16)12-18(25)6-8-24(26)27/h5-11,13-14H,12,15H2,1-4H3,(H,26,27)/b8-6+,10-9+. The Hall–Kier alpha value is -3.79. The van der Waals surface area contributed by atoms with Gasteiger partial charge in [0.15, 0.2) is 15.6 Å². The van der Waals surface area contributed by atoms with E-state index in [2.05, 4.69) is 0 Å². The highest BCUT2D eigenvalue weighted by Crippen LogP contribution is 2.35. The zero-order valence-electron chi connectivity index (χ0n) is 19.2. The van der Waals surface area contributed by atoms with Crippen LogP contribution in [0, 0.1) is 0 Å². The van der Waals surface area contributed by atoms with E-state index in [4.69, 9.17) is 24.1 Å². The topological polar surface area (TPSA) is 125 Å². The predicted molar refractivity (Wildman–Crippen MR) is 126 cm³/mol. The van der Waals surface area contributed by atoms with Crippen molar-refractivity contribution in [1.29, 1.82) is 0 Å². The zero-order chi connectivity index (χ0) is 25.3. The summed E-state index contributed by atoms with van der Waals surface area (Å²) in [7, 11) is 2.09. The molecule has 0 atom stereocenters. The largest absolute Gasteiger partial charge is 0.496 e. The number of methoxy groups -OCH3 is 4. The van der Waals surface area contributed by atoms with Crippen molar-refractivity contribution in [2.24, 2.45) is 0 Å². The Balaban J connectivity index is 2.31. The molecule has 0 amide bonds. The Kier molecular flexibility index (Phi) is 9.26. The van der Waals surface area contributed by atoms with Gasteiger partial charge in [-0.25, -0.2) is 13.2 Å². The first-order chi connectivity index (χ1) is 16.1. The molecule has 0 spiro atoms. The lowest BCUT2D eigenvalue weighted by Crippen LogP contribution is -2.05. The molecule has 0 unspecified atom stereocenters. The number of carboxylic acid groups (broad SMARTS) is 1. The summed E-state index contributed by atoms with van der Waals surface area (Å²) in [5, 5.41) is 9.73. The highest BCUT2D eigenvalue weighted by atomic mass is 32.2. The Morgan fingerprint density at radius 3 is 2.03 bits per heavy atom. The molecule has 2 aromatic rings. The third kappa shape index (κ3) is 7.38. The molecule has 182 valence electrons. The molecule has 0 saturated heterocycles. The fourth-order valence-electron chi connectivity index (χ4n) is 3.12. The van der Waals surface area contributed by atoms with Crippen LogP contribution in [-0.2, 0) is 31.6 Å². The van der Waals surface area contributed by atoms with Gasteiger partial charge >= 0.3 is 5.97 Å². The molecule has 9 nitrogen and oxygen atoms in total. The fraction of sp³-hybridized carbons (Fsp3) is 0.250. The van der Waals surface area contributed by atoms with Crippen molar-refractivity contribution < 1.29 is 42.1 Å². The predicted octanol–water partition coefficient (Wildman–Crippen LogP) is 3.06. The van der Waals surface area contributed by atoms with Gasteiger partial charge in [-0.15, -0.1) is 0 Å². The number of carbonyl (C=O) groups is 2. The number of ketones is 1. The monoisotopic (exact) mass is 490 g/mol. The van der Waals surface area contributed by atoms with Gasteiger partial charge in [-0.1, -0.05) is 12.1 Å². The van der Waals surface area contributed by atoms with E-state index >= 15 is 0 Å². The van der Waals surface area contributed by atoms with Gasteiger partial charge in [0.25, 0.3) is 0 Å². The third-order valence-corrected chi connectivity index (χ3v) is 5.97. The first-order valence-electron chi connectivity index (χ1n) is 9.93. The van der Waals surface area contributed by atoms with Crippen LogP contribution in [0.15, 0.2) is 47.9 Å². The van der Waals surface area contributed by atoms with Crippen molar-refractivity contribution in [3.8, 4) is 23.0 Å². The van der Waals surface area contributed by atoms with E-state index in [1.807, 2.05) is 0 Å². The number of ether oxygens (including phenoxy) is 4. The summed E-state index contributed by atoms with van der Waals surface area (Å²) in [5.41, 5.74) is 1.31. The lowest BCUT2D eigenvalue weighted by molar-refractivity contribution is -0.131. The summed E-state index contributed by atoms with van der Waals surface area (Å²) in [4.78, 5) is 22.6. The third-order valence-electron chi connectivity index (χ3n) is 4.68. The Labute approximate surface area is 198 Å². The number of hydrogen-bond acceptors (Lipinski definition) is 8. The minimum Gasteiger partial charge on any atom is -0.496 e. The highest BCUT2D eigenvalue weighted by Gasteiger charge is 2.15. The smallest absolute Gasteiger partial charge is 0.328 e. The summed E-state index contributed by atoms with van der Waals surface area (Å²) < 4.78 is 46.7. The molecule has 2 rings (SSSR count). The normalized spacial score (nSPS) is 11.5. The van der Waals surface area contributed by atoms with E-state index in [9.17, 15) is 18.0 Å². The SMILES string of the molecule is COc1cc(OC)c(/C=C/S(=O)(=O)Cc2ccc(OC)c(CC(=O)/C=C/C(=O)O)c2)c(OC)c1. The second-order valence-electron chi connectivity index (χ2n) is 7.02. The van der Waals surface area contributed by atoms with Crippen LogP contribution < -0.4 is 18.9 Å². The maximum absolute atomic E-state index is 12.8. The van der Waals surface area contributed by atoms with Gasteiger partial charge in [0.05, 0.1) is 39.8 Å². The average molecular weight is 491 g/mol. The molecule has 34 heavy (non-hydrogen) atoms. The van der Waals surface area contributed by atoms with Crippen molar-refractivity contribution in [2.45, 2.75) is 12.2 Å². The molecule has 1 N–H and O–H groups in total. The number of rotatable bonds is 12. The minimum atomic E-state index is -3.73. The summed E-state index contributed by atoms with van der Waals surface area (Å²) >= 11 is 0. The van der Waals surface area contributed by atoms with Crippen molar-refractivity contribution in [3.05, 3.63) is 64.6 Å². The van der Waals surface area contributed by atoms with Gasteiger partial charge in [-0.3, -0.25) is 4.79 Å². The first-order valence-corrected chi connectivity index (χ1v) is 11.6. The number of sulfone groups is 1. The summed E-state index contributed by atoms with van der Waals surface area (Å²) in [6, 6.07) is 7.92. The van der Waals surface area contributed by atoms with E-state index in [0.717, 1.165) is 17.6 Å². The molecule has 0 aromatic heterocycles. The van der Waals surface area contributed by atoms with E-state index in [1.54, 1.807) is 30.3 Å². The summed E-state index contributed by atoms with van der Waals surface area (Å²) in [6.45, 7) is 0. The molecule has 0 aliphatic rings. The van der Waals surface area contributed by atoms with Crippen LogP contribution >= 0.6 is 0 Å². The molecular weight excluding hydrogens is 464 g/mol. The number of aliphatic carboxylic acids is 1. The lowest BCUT2D eigenvalue weighted by atomic mass is 10.0. The van der Waals surface area contributed by atoms with Crippen molar-refractivity contribution in [2.75, 3.05) is 28.4 Å². The van der Waals surface area contributed by atoms with Gasteiger partial charge in [0.2, 0.25) is 0 Å². The molecule has 0 fully saturated rings. The number of hydrogen-bond donors (Lipinski definition) is 1. The first kappa shape index (κ1) is 26.5. The van der Waals surface area contributed by atoms with Crippen LogP contribution in [0.1, 0.15) is 16.7 Å². The van der Waals surface area contributed by atoms with Gasteiger partial charge in [-0.2, -0.15) is 0 Å². The number of carboxylic acids is 1. The molecule has 0 saturated carbocycles. The lowest BCUT2D eigenvalue weighted by Gasteiger charge is -2.12. The van der Waals surface area contributed by atoms with E-state index in [1.165, 1.54) is 34.5 Å². The molecular formula is C24H26O9S. The van der Waals surface area contributed by atoms with Gasteiger partial charge < -0.3 is 24.1 Å². The van der Waals surface area contributed by atoms with Gasteiger partial charge in [0, 0.05) is 35.6 Å². The van der Waals surface area contributed by atoms with Crippen molar-refractivity contribution in [1.82, 2.24) is 0 Å². The van der Waals surface area contributed by atoms with Crippen LogP contribution in [0.5, 0.6) is 23.0 Å². The molecule has 0 bridgehead atoms. The molecule has 0 radical (unpaired) electrons. The zero-order valence-corrected chi connectivity index (χ0v) is 20.0. The minimum absolute atomic E-state index is 0.142. The number of benzene rings is 2. The van der Waals surface area contributed by atoms with Crippen LogP contribution in [0.3, 0.4) is 0 Å².